The number of hydrogen-bond acceptors (Lipinski definition) is 4. The molecule has 0 radical (unpaired) electrons. The molecule has 0 saturated carbocycles. The van der Waals surface area contributed by atoms with Gasteiger partial charge in [-0.1, -0.05) is 0 Å². The lowest BCUT2D eigenvalue weighted by Gasteiger charge is -2.06. The van der Waals surface area contributed by atoms with Crippen LogP contribution in [0.15, 0.2) is 34.9 Å². The molecule has 1 aromatic carbocycles. The Morgan fingerprint density at radius 1 is 1.39 bits per heavy atom. The van der Waals surface area contributed by atoms with Crippen molar-refractivity contribution < 1.29 is 4.74 Å². The van der Waals surface area contributed by atoms with Crippen molar-refractivity contribution in [1.82, 2.24) is 9.97 Å². The highest BCUT2D eigenvalue weighted by Gasteiger charge is 2.05. The third-order valence-corrected chi connectivity index (χ3v) is 3.01. The van der Waals surface area contributed by atoms with Crippen LogP contribution in [0.25, 0.3) is 11.3 Å². The minimum atomic E-state index is 0.213. The van der Waals surface area contributed by atoms with E-state index < -0.39 is 0 Å². The van der Waals surface area contributed by atoms with Crippen LogP contribution in [-0.2, 0) is 6.42 Å². The maximum atomic E-state index is 8.64. The van der Waals surface area contributed by atoms with Crippen LogP contribution in [0.1, 0.15) is 5.82 Å². The Morgan fingerprint density at radius 2 is 2.22 bits per heavy atom. The van der Waals surface area contributed by atoms with Crippen molar-refractivity contribution in [2.24, 2.45) is 0 Å². The van der Waals surface area contributed by atoms with Crippen LogP contribution >= 0.6 is 15.9 Å². The van der Waals surface area contributed by atoms with Crippen molar-refractivity contribution in [2.45, 2.75) is 6.42 Å². The van der Waals surface area contributed by atoms with Crippen molar-refractivity contribution in [3.05, 3.63) is 40.8 Å². The SMILES string of the molecule is COc1ccc(-c2ccnc(CC#N)n2)cc1Br. The maximum absolute atomic E-state index is 8.64. The molecule has 2 aromatic rings. The summed E-state index contributed by atoms with van der Waals surface area (Å²) < 4.78 is 6.04. The van der Waals surface area contributed by atoms with Crippen molar-refractivity contribution in [3.8, 4) is 23.1 Å². The third kappa shape index (κ3) is 2.66. The van der Waals surface area contributed by atoms with Gasteiger partial charge in [-0.3, -0.25) is 0 Å². The normalized spacial score (nSPS) is 9.83. The predicted octanol–water partition coefficient (Wildman–Crippen LogP) is 2.98. The number of hydrogen-bond donors (Lipinski definition) is 0. The number of nitrogens with zero attached hydrogens (tertiary/aromatic N) is 3. The van der Waals surface area contributed by atoms with E-state index in [2.05, 4.69) is 25.9 Å². The summed E-state index contributed by atoms with van der Waals surface area (Å²) >= 11 is 3.43. The smallest absolute Gasteiger partial charge is 0.142 e. The number of methoxy groups -OCH3 is 1. The zero-order valence-corrected chi connectivity index (χ0v) is 11.3. The van der Waals surface area contributed by atoms with E-state index in [1.54, 1.807) is 13.3 Å². The molecule has 0 aliphatic carbocycles. The van der Waals surface area contributed by atoms with Gasteiger partial charge in [0.15, 0.2) is 0 Å². The van der Waals surface area contributed by atoms with E-state index in [1.807, 2.05) is 30.3 Å². The number of benzene rings is 1. The molecule has 4 nitrogen and oxygen atoms in total. The van der Waals surface area contributed by atoms with Gasteiger partial charge in [0.2, 0.25) is 0 Å². The molecule has 0 saturated heterocycles. The molecular formula is C13H10BrN3O. The van der Waals surface area contributed by atoms with Crippen LogP contribution < -0.4 is 4.74 Å². The standard InChI is InChI=1S/C13H10BrN3O/c1-18-12-3-2-9(8-10(12)14)11-5-7-16-13(17-11)4-6-15/h2-3,5,7-8H,4H2,1H3. The van der Waals surface area contributed by atoms with E-state index in [0.29, 0.717) is 5.82 Å². The average molecular weight is 304 g/mol. The second-order valence-electron chi connectivity index (χ2n) is 3.54. The van der Waals surface area contributed by atoms with Gasteiger partial charge in [0.05, 0.1) is 29.8 Å². The maximum Gasteiger partial charge on any atom is 0.142 e. The molecular weight excluding hydrogens is 294 g/mol. The summed E-state index contributed by atoms with van der Waals surface area (Å²) in [6.45, 7) is 0. The Kier molecular flexibility index (Phi) is 3.90. The molecule has 0 atom stereocenters. The van der Waals surface area contributed by atoms with E-state index in [1.165, 1.54) is 0 Å². The summed E-state index contributed by atoms with van der Waals surface area (Å²) in [5.74, 6) is 1.30. The fourth-order valence-electron chi connectivity index (χ4n) is 1.54. The second-order valence-corrected chi connectivity index (χ2v) is 4.40. The molecule has 1 heterocycles. The number of halogens is 1. The molecule has 0 spiro atoms. The summed E-state index contributed by atoms with van der Waals surface area (Å²) in [5.41, 5.74) is 1.74. The number of aromatic nitrogens is 2. The molecule has 0 N–H and O–H groups in total. The van der Waals surface area contributed by atoms with Crippen LogP contribution in [0.2, 0.25) is 0 Å². The first kappa shape index (κ1) is 12.5. The van der Waals surface area contributed by atoms with Crippen molar-refractivity contribution >= 4 is 15.9 Å². The Labute approximate surface area is 113 Å². The van der Waals surface area contributed by atoms with Crippen molar-refractivity contribution in [3.63, 3.8) is 0 Å². The van der Waals surface area contributed by atoms with E-state index >= 15 is 0 Å². The number of ether oxygens (including phenoxy) is 1. The van der Waals surface area contributed by atoms with Crippen molar-refractivity contribution in [1.29, 1.82) is 5.26 Å². The molecule has 0 unspecified atom stereocenters. The van der Waals surface area contributed by atoms with Crippen LogP contribution in [-0.4, -0.2) is 17.1 Å². The predicted molar refractivity (Wildman–Crippen MR) is 71.0 cm³/mol. The first-order valence-electron chi connectivity index (χ1n) is 5.27. The van der Waals surface area contributed by atoms with Crippen LogP contribution in [0, 0.1) is 11.3 Å². The largest absolute Gasteiger partial charge is 0.496 e. The lowest BCUT2D eigenvalue weighted by molar-refractivity contribution is 0.412. The summed E-state index contributed by atoms with van der Waals surface area (Å²) in [7, 11) is 1.62. The van der Waals surface area contributed by atoms with Gasteiger partial charge >= 0.3 is 0 Å². The van der Waals surface area contributed by atoms with Gasteiger partial charge in [-0.25, -0.2) is 9.97 Å². The topological polar surface area (TPSA) is 58.8 Å². The first-order chi connectivity index (χ1) is 8.74. The minimum Gasteiger partial charge on any atom is -0.496 e. The minimum absolute atomic E-state index is 0.213. The molecule has 18 heavy (non-hydrogen) atoms. The molecule has 2 rings (SSSR count). The Bertz CT molecular complexity index is 607. The Morgan fingerprint density at radius 3 is 2.89 bits per heavy atom. The van der Waals surface area contributed by atoms with Crippen LogP contribution in [0.3, 0.4) is 0 Å². The number of nitriles is 1. The molecule has 0 fully saturated rings. The van der Waals surface area contributed by atoms with Gasteiger partial charge in [0, 0.05) is 11.8 Å². The van der Waals surface area contributed by atoms with Gasteiger partial charge in [-0.2, -0.15) is 5.26 Å². The number of rotatable bonds is 3. The zero-order chi connectivity index (χ0) is 13.0. The summed E-state index contributed by atoms with van der Waals surface area (Å²) in [5, 5.41) is 8.64. The summed E-state index contributed by atoms with van der Waals surface area (Å²) in [6, 6.07) is 9.57. The average Bonchev–Trinajstić information content (AvgIpc) is 2.39. The quantitative estimate of drug-likeness (QED) is 0.874. The second kappa shape index (κ2) is 5.61. The van der Waals surface area contributed by atoms with E-state index in [-0.39, 0.29) is 6.42 Å². The Balaban J connectivity index is 2.39. The van der Waals surface area contributed by atoms with E-state index in [0.717, 1.165) is 21.5 Å². The fourth-order valence-corrected chi connectivity index (χ4v) is 2.08. The first-order valence-corrected chi connectivity index (χ1v) is 6.06. The van der Waals surface area contributed by atoms with Gasteiger partial charge in [-0.15, -0.1) is 0 Å². The monoisotopic (exact) mass is 303 g/mol. The molecule has 90 valence electrons. The van der Waals surface area contributed by atoms with Gasteiger partial charge in [0.25, 0.3) is 0 Å². The molecule has 0 aliphatic rings. The highest BCUT2D eigenvalue weighted by atomic mass is 79.9. The zero-order valence-electron chi connectivity index (χ0n) is 9.72. The molecule has 1 aromatic heterocycles. The molecule has 0 bridgehead atoms. The summed E-state index contributed by atoms with van der Waals surface area (Å²) in [4.78, 5) is 8.37. The highest BCUT2D eigenvalue weighted by molar-refractivity contribution is 9.10. The van der Waals surface area contributed by atoms with E-state index in [9.17, 15) is 0 Å². The van der Waals surface area contributed by atoms with Gasteiger partial charge in [-0.05, 0) is 40.2 Å². The van der Waals surface area contributed by atoms with E-state index in [4.69, 9.17) is 10.00 Å². The summed E-state index contributed by atoms with van der Waals surface area (Å²) in [6.07, 6.45) is 1.87. The van der Waals surface area contributed by atoms with Crippen LogP contribution in [0.5, 0.6) is 5.75 Å². The highest BCUT2D eigenvalue weighted by Crippen LogP contribution is 2.29. The molecule has 0 aliphatic heterocycles. The Hall–Kier alpha value is -1.93. The fraction of sp³-hybridized carbons (Fsp3) is 0.154. The van der Waals surface area contributed by atoms with Crippen molar-refractivity contribution in [2.75, 3.05) is 7.11 Å². The van der Waals surface area contributed by atoms with Gasteiger partial charge < -0.3 is 4.74 Å². The molecule has 5 heteroatoms. The van der Waals surface area contributed by atoms with Gasteiger partial charge in [0.1, 0.15) is 11.6 Å². The lowest BCUT2D eigenvalue weighted by Crippen LogP contribution is -1.95. The lowest BCUT2D eigenvalue weighted by atomic mass is 10.1. The molecule has 0 amide bonds. The van der Waals surface area contributed by atoms with Crippen LogP contribution in [0.4, 0.5) is 0 Å². The third-order valence-electron chi connectivity index (χ3n) is 2.39.